The number of hydrogen-bond donors (Lipinski definition) is 0. The third-order valence-corrected chi connectivity index (χ3v) is 40.0. The summed E-state index contributed by atoms with van der Waals surface area (Å²) in [7, 11) is 0. The van der Waals surface area contributed by atoms with E-state index in [1.165, 1.54) is 19.3 Å². The molecule has 0 amide bonds. The van der Waals surface area contributed by atoms with E-state index < -0.39 is 20.1 Å². The van der Waals surface area contributed by atoms with E-state index in [9.17, 15) is 0 Å². The van der Waals surface area contributed by atoms with E-state index >= 15 is 0 Å². The van der Waals surface area contributed by atoms with Crippen molar-refractivity contribution >= 4 is 17.6 Å². The van der Waals surface area contributed by atoms with E-state index in [1.54, 1.807) is 56.6 Å². The van der Waals surface area contributed by atoms with Crippen molar-refractivity contribution in [3.8, 4) is 0 Å². The zero-order valence-electron chi connectivity index (χ0n) is 22.2. The number of allylic oxidation sites excluding steroid dienone is 2. The number of halogens is 2. The van der Waals surface area contributed by atoms with Crippen molar-refractivity contribution in [2.45, 2.75) is 92.1 Å². The standard InChI is InChI=1S/2C13H15.C5H10Si.2ClH.Hf/c2*1-9(2)12-6-4-5-11-7-10(3)8-13(11)12;1-2-4-6-5-3-1;;;/h2*4-9H,1-3H3;1-5H2;2*1H;/q;;;;;+2/p-2. The number of benzene rings is 2. The smallest absolute Gasteiger partial charge is 1.00 e. The fourth-order valence-electron chi connectivity index (χ4n) is 6.83. The van der Waals surface area contributed by atoms with Crippen molar-refractivity contribution in [2.24, 2.45) is 0 Å². The molecule has 2 atom stereocenters. The topological polar surface area (TPSA) is 0 Å². The van der Waals surface area contributed by atoms with Crippen LogP contribution < -0.4 is 24.8 Å². The Labute approximate surface area is 234 Å². The molecule has 2 aliphatic carbocycles. The molecular formula is C31H40Cl2HfSi. The molecule has 4 heteroatoms. The van der Waals surface area contributed by atoms with Crippen LogP contribution in [0.4, 0.5) is 0 Å². The van der Waals surface area contributed by atoms with E-state index in [0.29, 0.717) is 11.8 Å². The molecule has 0 aromatic heterocycles. The zero-order chi connectivity index (χ0) is 23.3. The van der Waals surface area contributed by atoms with Gasteiger partial charge in [0, 0.05) is 0 Å². The monoisotopic (exact) mass is 690 g/mol. The van der Waals surface area contributed by atoms with Gasteiger partial charge in [-0.25, -0.2) is 0 Å². The molecule has 1 aliphatic heterocycles. The summed E-state index contributed by atoms with van der Waals surface area (Å²) in [5.41, 5.74) is 13.0. The zero-order valence-corrected chi connectivity index (χ0v) is 28.3. The van der Waals surface area contributed by atoms with Crippen molar-refractivity contribution in [2.75, 3.05) is 0 Å². The van der Waals surface area contributed by atoms with Gasteiger partial charge in [-0.15, -0.1) is 0 Å². The van der Waals surface area contributed by atoms with Gasteiger partial charge < -0.3 is 24.8 Å². The molecule has 0 spiro atoms. The summed E-state index contributed by atoms with van der Waals surface area (Å²) >= 11 is -2.17. The molecule has 3 aliphatic rings. The molecule has 5 rings (SSSR count). The molecule has 1 fully saturated rings. The van der Waals surface area contributed by atoms with Crippen molar-refractivity contribution in [3.05, 3.63) is 80.9 Å². The van der Waals surface area contributed by atoms with Crippen molar-refractivity contribution in [3.63, 3.8) is 0 Å². The van der Waals surface area contributed by atoms with Gasteiger partial charge >= 0.3 is 211 Å². The molecule has 1 saturated heterocycles. The maximum atomic E-state index is 2.62. The summed E-state index contributed by atoms with van der Waals surface area (Å²) in [5, 5.41) is 0. The second-order valence-electron chi connectivity index (χ2n) is 11.3. The van der Waals surface area contributed by atoms with Crippen LogP contribution in [-0.2, 0) is 20.1 Å². The number of hydrogen-bond acceptors (Lipinski definition) is 0. The first kappa shape index (κ1) is 29.1. The second kappa shape index (κ2) is 12.0. The van der Waals surface area contributed by atoms with E-state index in [0.717, 1.165) is 7.35 Å². The van der Waals surface area contributed by atoms with Gasteiger partial charge in [0.05, 0.1) is 0 Å². The van der Waals surface area contributed by atoms with E-state index in [-0.39, 0.29) is 30.3 Å². The summed E-state index contributed by atoms with van der Waals surface area (Å²) < 4.78 is 1.61. The fraction of sp³-hybridized carbons (Fsp3) is 0.484. The number of fused-ring (bicyclic) bond motifs is 2. The average molecular weight is 690 g/mol. The van der Waals surface area contributed by atoms with E-state index in [1.807, 2.05) is 0 Å². The molecule has 186 valence electrons. The second-order valence-corrected chi connectivity index (χ2v) is 33.2. The largest absolute Gasteiger partial charge is 1.00 e. The Morgan fingerprint density at radius 3 is 1.51 bits per heavy atom. The molecule has 2 unspecified atom stereocenters. The quantitative estimate of drug-likeness (QED) is 0.433. The van der Waals surface area contributed by atoms with Crippen LogP contribution in [0, 0.1) is 0 Å². The van der Waals surface area contributed by atoms with Crippen molar-refractivity contribution in [1.29, 1.82) is 0 Å². The van der Waals surface area contributed by atoms with Gasteiger partial charge in [-0.1, -0.05) is 0 Å². The Hall–Kier alpha value is -0.413. The summed E-state index contributed by atoms with van der Waals surface area (Å²) in [5.74, 6) is 1.20. The predicted octanol–water partition coefficient (Wildman–Crippen LogP) is 3.35. The molecule has 0 N–H and O–H groups in total. The van der Waals surface area contributed by atoms with Crippen LogP contribution in [0.15, 0.2) is 47.5 Å². The van der Waals surface area contributed by atoms with E-state index in [2.05, 4.69) is 90.1 Å². The maximum Gasteiger partial charge on any atom is -1.00 e. The minimum Gasteiger partial charge on any atom is -1.00 e. The van der Waals surface area contributed by atoms with Gasteiger partial charge in [0.1, 0.15) is 0 Å². The Balaban J connectivity index is 0.00000171. The van der Waals surface area contributed by atoms with Gasteiger partial charge in [0.2, 0.25) is 0 Å². The van der Waals surface area contributed by atoms with Gasteiger partial charge in [0.15, 0.2) is 0 Å². The Bertz CT molecular complexity index is 1100. The Morgan fingerprint density at radius 2 is 1.11 bits per heavy atom. The molecule has 2 aromatic rings. The summed E-state index contributed by atoms with van der Waals surface area (Å²) in [6.45, 7) is 14.5. The average Bonchev–Trinajstić information content (AvgIpc) is 3.31. The van der Waals surface area contributed by atoms with Crippen LogP contribution in [0.2, 0.25) is 12.1 Å². The minimum atomic E-state index is -2.17. The first-order valence-corrected chi connectivity index (χ1v) is 24.7. The van der Waals surface area contributed by atoms with Gasteiger partial charge in [-0.2, -0.15) is 0 Å². The summed E-state index contributed by atoms with van der Waals surface area (Å²) in [6.07, 6.45) is 9.72. The van der Waals surface area contributed by atoms with Gasteiger partial charge in [-0.3, -0.25) is 0 Å². The Kier molecular flexibility index (Phi) is 9.97. The van der Waals surface area contributed by atoms with Crippen LogP contribution in [0.5, 0.6) is 0 Å². The Morgan fingerprint density at radius 1 is 0.686 bits per heavy atom. The third kappa shape index (κ3) is 5.29. The van der Waals surface area contributed by atoms with E-state index in [4.69, 9.17) is 0 Å². The summed E-state index contributed by atoms with van der Waals surface area (Å²) in [4.78, 5) is 0. The molecule has 0 nitrogen and oxygen atoms in total. The molecule has 1 heterocycles. The molecule has 0 bridgehead atoms. The molecular weight excluding hydrogens is 650 g/mol. The minimum absolute atomic E-state index is 0. The van der Waals surface area contributed by atoms with Crippen LogP contribution in [0.25, 0.3) is 12.2 Å². The van der Waals surface area contributed by atoms with Crippen LogP contribution in [0.3, 0.4) is 0 Å². The van der Waals surface area contributed by atoms with Crippen molar-refractivity contribution in [1.82, 2.24) is 0 Å². The fourth-order valence-corrected chi connectivity index (χ4v) is 44.5. The van der Waals surface area contributed by atoms with Crippen molar-refractivity contribution < 1.29 is 44.9 Å². The molecule has 35 heavy (non-hydrogen) atoms. The first-order valence-electron chi connectivity index (χ1n) is 13.2. The molecule has 0 radical (unpaired) electrons. The van der Waals surface area contributed by atoms with Crippen LogP contribution in [0.1, 0.15) is 113 Å². The molecule has 2 aromatic carbocycles. The SMILES string of the molecule is CC1=Cc2c(C(C)C)cccc2[CH]1[Hf+2]([CH]1C(C)=Cc2c(C(C)C)cccc21)=[Si]1CCCCC1.[Cl-].[Cl-]. The third-order valence-electron chi connectivity index (χ3n) is 8.36. The summed E-state index contributed by atoms with van der Waals surface area (Å²) in [6, 6.07) is 17.8. The van der Waals surface area contributed by atoms with Crippen LogP contribution in [-0.4, -0.2) is 5.49 Å². The maximum absolute atomic E-state index is 2.62. The number of rotatable bonds is 4. The van der Waals surface area contributed by atoms with Gasteiger partial charge in [0.25, 0.3) is 0 Å². The predicted molar refractivity (Wildman–Crippen MR) is 143 cm³/mol. The first-order chi connectivity index (χ1) is 15.9. The molecule has 0 saturated carbocycles. The van der Waals surface area contributed by atoms with Gasteiger partial charge in [-0.05, 0) is 0 Å². The normalized spacial score (nSPS) is 20.4. The van der Waals surface area contributed by atoms with Crippen LogP contribution >= 0.6 is 0 Å².